The van der Waals surface area contributed by atoms with Gasteiger partial charge >= 0.3 is 5.97 Å². The van der Waals surface area contributed by atoms with E-state index in [4.69, 9.17) is 5.11 Å². The maximum Gasteiger partial charge on any atom is 0.313 e. The minimum atomic E-state index is -0.849. The predicted molar refractivity (Wildman–Crippen MR) is 58.1 cm³/mol. The van der Waals surface area contributed by atoms with Crippen molar-refractivity contribution in [3.63, 3.8) is 0 Å². The normalized spacial score (nSPS) is 16.0. The molecule has 1 fully saturated rings. The van der Waals surface area contributed by atoms with E-state index in [1.165, 1.54) is 31.0 Å². The zero-order valence-electron chi connectivity index (χ0n) is 8.87. The summed E-state index contributed by atoms with van der Waals surface area (Å²) >= 11 is 1.17. The molecule has 0 unspecified atom stereocenters. The molecule has 0 aromatic carbocycles. The van der Waals surface area contributed by atoms with Crippen molar-refractivity contribution in [3.8, 4) is 0 Å². The SMILES string of the molecule is O=C(O)CSc1nnnn1CCC1CCC1. The van der Waals surface area contributed by atoms with Crippen LogP contribution in [0.3, 0.4) is 0 Å². The molecule has 2 rings (SSSR count). The number of aryl methyl sites for hydroxylation is 1. The summed E-state index contributed by atoms with van der Waals surface area (Å²) < 4.78 is 1.70. The molecule has 1 aromatic heterocycles. The van der Waals surface area contributed by atoms with Gasteiger partial charge in [-0.05, 0) is 22.8 Å². The van der Waals surface area contributed by atoms with Gasteiger partial charge in [-0.3, -0.25) is 4.79 Å². The molecule has 0 spiro atoms. The molecule has 1 saturated carbocycles. The molecule has 0 bridgehead atoms. The van der Waals surface area contributed by atoms with Crippen molar-refractivity contribution in [2.45, 2.75) is 37.4 Å². The van der Waals surface area contributed by atoms with E-state index in [9.17, 15) is 4.79 Å². The molecule has 0 atom stereocenters. The van der Waals surface area contributed by atoms with Crippen LogP contribution < -0.4 is 0 Å². The highest BCUT2D eigenvalue weighted by molar-refractivity contribution is 7.99. The summed E-state index contributed by atoms with van der Waals surface area (Å²) in [5, 5.41) is 20.4. The van der Waals surface area contributed by atoms with E-state index in [2.05, 4.69) is 15.5 Å². The number of hydrogen-bond acceptors (Lipinski definition) is 5. The molecule has 88 valence electrons. The first kappa shape index (κ1) is 11.4. The van der Waals surface area contributed by atoms with Gasteiger partial charge in [-0.25, -0.2) is 4.68 Å². The third kappa shape index (κ3) is 2.94. The second kappa shape index (κ2) is 5.29. The Bertz CT molecular complexity index is 364. The fourth-order valence-electron chi connectivity index (χ4n) is 1.65. The van der Waals surface area contributed by atoms with Crippen molar-refractivity contribution in [1.82, 2.24) is 20.2 Å². The van der Waals surface area contributed by atoms with Crippen molar-refractivity contribution in [2.24, 2.45) is 5.92 Å². The largest absolute Gasteiger partial charge is 0.481 e. The molecular formula is C9H14N4O2S. The van der Waals surface area contributed by atoms with Crippen LogP contribution in [0.1, 0.15) is 25.7 Å². The molecule has 0 radical (unpaired) electrons. The molecule has 1 aliphatic rings. The van der Waals surface area contributed by atoms with E-state index < -0.39 is 5.97 Å². The van der Waals surface area contributed by atoms with E-state index in [1.54, 1.807) is 4.68 Å². The maximum absolute atomic E-state index is 10.4. The highest BCUT2D eigenvalue weighted by atomic mass is 32.2. The maximum atomic E-state index is 10.4. The predicted octanol–water partition coefficient (Wildman–Crippen LogP) is 1.04. The van der Waals surface area contributed by atoms with Crippen LogP contribution in [0.2, 0.25) is 0 Å². The van der Waals surface area contributed by atoms with Crippen molar-refractivity contribution >= 4 is 17.7 Å². The van der Waals surface area contributed by atoms with Crippen LogP contribution in [0.15, 0.2) is 5.16 Å². The fourth-order valence-corrected chi connectivity index (χ4v) is 2.28. The Hall–Kier alpha value is -1.11. The van der Waals surface area contributed by atoms with Gasteiger partial charge in [-0.1, -0.05) is 31.0 Å². The summed E-state index contributed by atoms with van der Waals surface area (Å²) in [6.07, 6.45) is 5.03. The third-order valence-corrected chi connectivity index (χ3v) is 3.74. The van der Waals surface area contributed by atoms with E-state index in [0.29, 0.717) is 5.16 Å². The Labute approximate surface area is 97.4 Å². The van der Waals surface area contributed by atoms with Crippen LogP contribution in [0.4, 0.5) is 0 Å². The number of hydrogen-bond donors (Lipinski definition) is 1. The van der Waals surface area contributed by atoms with Crippen LogP contribution in [-0.4, -0.2) is 37.0 Å². The van der Waals surface area contributed by atoms with Crippen molar-refractivity contribution in [3.05, 3.63) is 0 Å². The zero-order chi connectivity index (χ0) is 11.4. The number of carbonyl (C=O) groups is 1. The minimum absolute atomic E-state index is 0.00377. The molecule has 1 heterocycles. The second-order valence-corrected chi connectivity index (χ2v) is 4.90. The average molecular weight is 242 g/mol. The van der Waals surface area contributed by atoms with Gasteiger partial charge in [0, 0.05) is 6.54 Å². The van der Waals surface area contributed by atoms with Crippen molar-refractivity contribution < 1.29 is 9.90 Å². The van der Waals surface area contributed by atoms with Gasteiger partial charge in [-0.2, -0.15) is 0 Å². The van der Waals surface area contributed by atoms with E-state index in [1.807, 2.05) is 0 Å². The quantitative estimate of drug-likeness (QED) is 0.751. The summed E-state index contributed by atoms with van der Waals surface area (Å²) in [4.78, 5) is 10.4. The van der Waals surface area contributed by atoms with Crippen LogP contribution >= 0.6 is 11.8 Å². The van der Waals surface area contributed by atoms with E-state index in [0.717, 1.165) is 18.9 Å². The number of carboxylic acid groups (broad SMARTS) is 1. The summed E-state index contributed by atoms with van der Waals surface area (Å²) in [6.45, 7) is 0.791. The average Bonchev–Trinajstić information content (AvgIpc) is 2.60. The van der Waals surface area contributed by atoms with Crippen LogP contribution in [-0.2, 0) is 11.3 Å². The number of thioether (sulfide) groups is 1. The lowest BCUT2D eigenvalue weighted by molar-refractivity contribution is -0.133. The van der Waals surface area contributed by atoms with Crippen LogP contribution in [0.25, 0.3) is 0 Å². The number of rotatable bonds is 6. The topological polar surface area (TPSA) is 80.9 Å². The summed E-state index contributed by atoms with van der Waals surface area (Å²) in [5.41, 5.74) is 0. The smallest absolute Gasteiger partial charge is 0.313 e. The Morgan fingerprint density at radius 3 is 3.00 bits per heavy atom. The lowest BCUT2D eigenvalue weighted by Crippen LogP contribution is -2.15. The van der Waals surface area contributed by atoms with Crippen LogP contribution in [0, 0.1) is 5.92 Å². The number of aromatic nitrogens is 4. The molecule has 0 aliphatic heterocycles. The first-order valence-electron chi connectivity index (χ1n) is 5.36. The zero-order valence-corrected chi connectivity index (χ0v) is 9.69. The molecule has 1 aliphatic carbocycles. The molecular weight excluding hydrogens is 228 g/mol. The standard InChI is InChI=1S/C9H14N4O2S/c14-8(15)6-16-9-10-11-12-13(9)5-4-7-2-1-3-7/h7H,1-6H2,(H,14,15). The lowest BCUT2D eigenvalue weighted by atomic mass is 9.83. The summed E-state index contributed by atoms with van der Waals surface area (Å²) in [6, 6.07) is 0. The number of carboxylic acids is 1. The van der Waals surface area contributed by atoms with Gasteiger partial charge in [0.25, 0.3) is 0 Å². The molecule has 1 aromatic rings. The van der Waals surface area contributed by atoms with Gasteiger partial charge in [0.2, 0.25) is 5.16 Å². The Balaban J connectivity index is 1.82. The Kier molecular flexibility index (Phi) is 3.76. The third-order valence-electron chi connectivity index (χ3n) is 2.80. The Morgan fingerprint density at radius 2 is 2.38 bits per heavy atom. The first-order chi connectivity index (χ1) is 7.75. The number of aliphatic carboxylic acids is 1. The van der Waals surface area contributed by atoms with Crippen molar-refractivity contribution in [2.75, 3.05) is 5.75 Å². The molecule has 0 amide bonds. The summed E-state index contributed by atoms with van der Waals surface area (Å²) in [5.74, 6) is -0.0378. The van der Waals surface area contributed by atoms with Gasteiger partial charge in [-0.15, -0.1) is 5.10 Å². The highest BCUT2D eigenvalue weighted by Gasteiger charge is 2.18. The Morgan fingerprint density at radius 1 is 1.56 bits per heavy atom. The van der Waals surface area contributed by atoms with Gasteiger partial charge in [0.05, 0.1) is 5.75 Å². The van der Waals surface area contributed by atoms with Gasteiger partial charge in [0.15, 0.2) is 0 Å². The minimum Gasteiger partial charge on any atom is -0.481 e. The van der Waals surface area contributed by atoms with E-state index in [-0.39, 0.29) is 5.75 Å². The number of tetrazole rings is 1. The monoisotopic (exact) mass is 242 g/mol. The van der Waals surface area contributed by atoms with Gasteiger partial charge in [0.1, 0.15) is 0 Å². The molecule has 16 heavy (non-hydrogen) atoms. The van der Waals surface area contributed by atoms with Gasteiger partial charge < -0.3 is 5.11 Å². The summed E-state index contributed by atoms with van der Waals surface area (Å²) in [7, 11) is 0. The molecule has 1 N–H and O–H groups in total. The highest BCUT2D eigenvalue weighted by Crippen LogP contribution is 2.30. The fraction of sp³-hybridized carbons (Fsp3) is 0.778. The van der Waals surface area contributed by atoms with Crippen LogP contribution in [0.5, 0.6) is 0 Å². The molecule has 0 saturated heterocycles. The number of nitrogens with zero attached hydrogens (tertiary/aromatic N) is 4. The van der Waals surface area contributed by atoms with E-state index >= 15 is 0 Å². The second-order valence-electron chi connectivity index (χ2n) is 3.95. The van der Waals surface area contributed by atoms with Crippen molar-refractivity contribution in [1.29, 1.82) is 0 Å². The molecule has 6 nitrogen and oxygen atoms in total. The molecule has 7 heteroatoms. The first-order valence-corrected chi connectivity index (χ1v) is 6.35. The lowest BCUT2D eigenvalue weighted by Gasteiger charge is -2.24.